The Balaban J connectivity index is 1.91. The molecule has 0 radical (unpaired) electrons. The van der Waals surface area contributed by atoms with Gasteiger partial charge in [-0.2, -0.15) is 0 Å². The number of halogens is 1. The Morgan fingerprint density at radius 2 is 1.78 bits per heavy atom. The van der Waals surface area contributed by atoms with Crippen molar-refractivity contribution < 1.29 is 4.74 Å². The van der Waals surface area contributed by atoms with Crippen LogP contribution < -0.4 is 10.3 Å². The average Bonchev–Trinajstić information content (AvgIpc) is 2.59. The van der Waals surface area contributed by atoms with E-state index in [-0.39, 0.29) is 5.56 Å². The Bertz CT molecular complexity index is 855. The number of aromatic nitrogens is 2. The molecule has 4 nitrogen and oxygen atoms in total. The molecule has 0 N–H and O–H groups in total. The fourth-order valence-electron chi connectivity index (χ4n) is 2.31. The zero-order valence-corrected chi connectivity index (χ0v) is 14.7. The van der Waals surface area contributed by atoms with Crippen LogP contribution in [-0.2, 0) is 6.54 Å². The maximum atomic E-state index is 12.1. The first-order valence-corrected chi connectivity index (χ1v) is 8.19. The molecule has 2 aromatic heterocycles. The standard InChI is InChI=1S/C18H15IN2O2/c1-23-16-6-3-14(4-7-16)15-5-9-18(22)21(12-15)11-13-2-8-17(19)20-10-13/h2-10,12H,11H2,1H3. The summed E-state index contributed by atoms with van der Waals surface area (Å²) in [5.74, 6) is 0.812. The van der Waals surface area contributed by atoms with Crippen molar-refractivity contribution in [3.8, 4) is 16.9 Å². The first-order valence-electron chi connectivity index (χ1n) is 7.11. The van der Waals surface area contributed by atoms with Crippen LogP contribution in [-0.4, -0.2) is 16.7 Å². The van der Waals surface area contributed by atoms with E-state index in [0.29, 0.717) is 6.54 Å². The molecule has 116 valence electrons. The van der Waals surface area contributed by atoms with E-state index < -0.39 is 0 Å². The summed E-state index contributed by atoms with van der Waals surface area (Å²) in [6.45, 7) is 0.507. The summed E-state index contributed by atoms with van der Waals surface area (Å²) >= 11 is 2.16. The first kappa shape index (κ1) is 15.7. The predicted octanol–water partition coefficient (Wildman–Crippen LogP) is 3.57. The third-order valence-electron chi connectivity index (χ3n) is 3.55. The second kappa shape index (κ2) is 6.95. The minimum Gasteiger partial charge on any atom is -0.497 e. The van der Waals surface area contributed by atoms with Gasteiger partial charge in [-0.1, -0.05) is 18.2 Å². The molecule has 0 bridgehead atoms. The smallest absolute Gasteiger partial charge is 0.250 e. The van der Waals surface area contributed by atoms with Gasteiger partial charge in [-0.05, 0) is 63.5 Å². The molecule has 23 heavy (non-hydrogen) atoms. The maximum Gasteiger partial charge on any atom is 0.250 e. The van der Waals surface area contributed by atoms with Gasteiger partial charge in [0.05, 0.1) is 13.7 Å². The van der Waals surface area contributed by atoms with Gasteiger partial charge in [0, 0.05) is 18.5 Å². The second-order valence-electron chi connectivity index (χ2n) is 5.10. The van der Waals surface area contributed by atoms with Crippen molar-refractivity contribution in [1.82, 2.24) is 9.55 Å². The van der Waals surface area contributed by atoms with Crippen LogP contribution in [0.15, 0.2) is 65.7 Å². The van der Waals surface area contributed by atoms with Gasteiger partial charge in [0.25, 0.3) is 5.56 Å². The van der Waals surface area contributed by atoms with Crippen LogP contribution in [0.2, 0.25) is 0 Å². The van der Waals surface area contributed by atoms with E-state index in [0.717, 1.165) is 26.1 Å². The first-order chi connectivity index (χ1) is 11.2. The molecule has 3 aromatic rings. The Hall–Kier alpha value is -2.15. The van der Waals surface area contributed by atoms with Crippen molar-refractivity contribution in [3.63, 3.8) is 0 Å². The van der Waals surface area contributed by atoms with Crippen LogP contribution in [0.1, 0.15) is 5.56 Å². The Morgan fingerprint density at radius 3 is 2.43 bits per heavy atom. The zero-order chi connectivity index (χ0) is 16.2. The molecule has 0 spiro atoms. The van der Waals surface area contributed by atoms with Gasteiger partial charge in [0.2, 0.25) is 0 Å². The molecule has 0 amide bonds. The van der Waals surface area contributed by atoms with Crippen molar-refractivity contribution in [1.29, 1.82) is 0 Å². The summed E-state index contributed by atoms with van der Waals surface area (Å²) in [7, 11) is 1.64. The van der Waals surface area contributed by atoms with E-state index in [2.05, 4.69) is 27.6 Å². The van der Waals surface area contributed by atoms with Gasteiger partial charge in [-0.3, -0.25) is 4.79 Å². The normalized spacial score (nSPS) is 10.5. The van der Waals surface area contributed by atoms with Crippen molar-refractivity contribution >= 4 is 22.6 Å². The summed E-state index contributed by atoms with van der Waals surface area (Å²) < 4.78 is 7.81. The van der Waals surface area contributed by atoms with Gasteiger partial charge in [0.15, 0.2) is 0 Å². The lowest BCUT2D eigenvalue weighted by Gasteiger charge is -2.09. The number of benzene rings is 1. The van der Waals surface area contributed by atoms with Gasteiger partial charge >= 0.3 is 0 Å². The monoisotopic (exact) mass is 418 g/mol. The van der Waals surface area contributed by atoms with Crippen molar-refractivity contribution in [2.45, 2.75) is 6.54 Å². The number of hydrogen-bond donors (Lipinski definition) is 0. The van der Waals surface area contributed by atoms with Crippen molar-refractivity contribution in [2.75, 3.05) is 7.11 Å². The van der Waals surface area contributed by atoms with Crippen LogP contribution in [0.5, 0.6) is 5.75 Å². The fourth-order valence-corrected chi connectivity index (χ4v) is 2.62. The summed E-state index contributed by atoms with van der Waals surface area (Å²) in [5, 5.41) is 0. The highest BCUT2D eigenvalue weighted by atomic mass is 127. The van der Waals surface area contributed by atoms with E-state index in [1.165, 1.54) is 0 Å². The van der Waals surface area contributed by atoms with Gasteiger partial charge in [0.1, 0.15) is 9.45 Å². The lowest BCUT2D eigenvalue weighted by molar-refractivity contribution is 0.415. The molecule has 0 saturated carbocycles. The minimum atomic E-state index is -0.0270. The molecule has 0 unspecified atom stereocenters. The highest BCUT2D eigenvalue weighted by Crippen LogP contribution is 2.21. The predicted molar refractivity (Wildman–Crippen MR) is 98.7 cm³/mol. The van der Waals surface area contributed by atoms with Crippen molar-refractivity contribution in [3.05, 3.63) is 80.5 Å². The topological polar surface area (TPSA) is 44.1 Å². The van der Waals surface area contributed by atoms with E-state index in [4.69, 9.17) is 4.74 Å². The Labute approximate surface area is 147 Å². The molecule has 2 heterocycles. The van der Waals surface area contributed by atoms with E-state index in [1.54, 1.807) is 23.9 Å². The summed E-state index contributed by atoms with van der Waals surface area (Å²) in [4.78, 5) is 16.4. The second-order valence-corrected chi connectivity index (χ2v) is 6.21. The number of methoxy groups -OCH3 is 1. The van der Waals surface area contributed by atoms with Crippen molar-refractivity contribution in [2.24, 2.45) is 0 Å². The molecule has 0 aliphatic rings. The molecular weight excluding hydrogens is 403 g/mol. The quantitative estimate of drug-likeness (QED) is 0.481. The number of ether oxygens (including phenoxy) is 1. The number of hydrogen-bond acceptors (Lipinski definition) is 3. The van der Waals surface area contributed by atoms with Crippen LogP contribution in [0.3, 0.4) is 0 Å². The molecule has 0 atom stereocenters. The molecule has 0 fully saturated rings. The van der Waals surface area contributed by atoms with Gasteiger partial charge in [-0.25, -0.2) is 4.98 Å². The SMILES string of the molecule is COc1ccc(-c2ccc(=O)n(Cc3ccc(I)nc3)c2)cc1. The lowest BCUT2D eigenvalue weighted by atomic mass is 10.1. The van der Waals surface area contributed by atoms with Gasteiger partial charge < -0.3 is 9.30 Å². The van der Waals surface area contributed by atoms with E-state index in [1.807, 2.05) is 48.7 Å². The van der Waals surface area contributed by atoms with Crippen LogP contribution in [0, 0.1) is 3.70 Å². The lowest BCUT2D eigenvalue weighted by Crippen LogP contribution is -2.19. The fraction of sp³-hybridized carbons (Fsp3) is 0.111. The van der Waals surface area contributed by atoms with Gasteiger partial charge in [-0.15, -0.1) is 0 Å². The minimum absolute atomic E-state index is 0.0270. The molecular formula is C18H15IN2O2. The molecule has 3 rings (SSSR count). The summed E-state index contributed by atoms with van der Waals surface area (Å²) in [6, 6.07) is 15.1. The highest BCUT2D eigenvalue weighted by Gasteiger charge is 2.03. The third kappa shape index (κ3) is 3.79. The zero-order valence-electron chi connectivity index (χ0n) is 12.6. The van der Waals surface area contributed by atoms with Crippen LogP contribution >= 0.6 is 22.6 Å². The largest absolute Gasteiger partial charge is 0.497 e. The average molecular weight is 418 g/mol. The summed E-state index contributed by atoms with van der Waals surface area (Å²) in [6.07, 6.45) is 3.68. The Kier molecular flexibility index (Phi) is 4.76. The maximum absolute atomic E-state index is 12.1. The van der Waals surface area contributed by atoms with Crippen LogP contribution in [0.4, 0.5) is 0 Å². The van der Waals surface area contributed by atoms with E-state index >= 15 is 0 Å². The molecule has 0 saturated heterocycles. The van der Waals surface area contributed by atoms with E-state index in [9.17, 15) is 4.79 Å². The third-order valence-corrected chi connectivity index (χ3v) is 4.19. The summed E-state index contributed by atoms with van der Waals surface area (Å²) in [5.41, 5.74) is 3.01. The molecule has 1 aromatic carbocycles. The number of pyridine rings is 2. The number of nitrogens with zero attached hydrogens (tertiary/aromatic N) is 2. The molecule has 0 aliphatic carbocycles. The van der Waals surface area contributed by atoms with Crippen LogP contribution in [0.25, 0.3) is 11.1 Å². The molecule has 5 heteroatoms. The Morgan fingerprint density at radius 1 is 1.04 bits per heavy atom. The highest BCUT2D eigenvalue weighted by molar-refractivity contribution is 14.1. The molecule has 0 aliphatic heterocycles. The number of rotatable bonds is 4.